The van der Waals surface area contributed by atoms with Gasteiger partial charge in [0.05, 0.1) is 13.2 Å². The number of hydrogen-bond acceptors (Lipinski definition) is 3. The summed E-state index contributed by atoms with van der Waals surface area (Å²) in [5.74, 6) is 2.04. The molecule has 0 aliphatic carbocycles. The van der Waals surface area contributed by atoms with E-state index in [4.69, 9.17) is 9.47 Å². The zero-order chi connectivity index (χ0) is 13.7. The number of carbonyl (C=O) groups excluding carboxylic acids is 1. The largest absolute Gasteiger partial charge is 0.490 e. The van der Waals surface area contributed by atoms with Gasteiger partial charge in [0.15, 0.2) is 11.5 Å². The van der Waals surface area contributed by atoms with Crippen LogP contribution in [0.4, 0.5) is 5.69 Å². The number of fused-ring (bicyclic) bond motifs is 1. The van der Waals surface area contributed by atoms with Gasteiger partial charge in [-0.25, -0.2) is 0 Å². The molecular weight excluding hydrogens is 242 g/mol. The second-order valence-electron chi connectivity index (χ2n) is 5.19. The number of carbonyl (C=O) groups is 1. The second kappa shape index (κ2) is 6.45. The molecule has 4 heteroatoms. The van der Waals surface area contributed by atoms with Gasteiger partial charge < -0.3 is 14.8 Å². The van der Waals surface area contributed by atoms with Gasteiger partial charge in [0.1, 0.15) is 0 Å². The molecule has 1 aromatic rings. The molecular formula is C15H21NO3. The van der Waals surface area contributed by atoms with Crippen LogP contribution in [0.5, 0.6) is 11.5 Å². The van der Waals surface area contributed by atoms with E-state index in [2.05, 4.69) is 19.2 Å². The zero-order valence-corrected chi connectivity index (χ0v) is 11.6. The van der Waals surface area contributed by atoms with Crippen molar-refractivity contribution in [2.24, 2.45) is 5.92 Å². The molecule has 0 bridgehead atoms. The topological polar surface area (TPSA) is 47.6 Å². The Kier molecular flexibility index (Phi) is 4.66. The van der Waals surface area contributed by atoms with E-state index in [0.717, 1.165) is 24.3 Å². The van der Waals surface area contributed by atoms with E-state index < -0.39 is 0 Å². The van der Waals surface area contributed by atoms with Crippen LogP contribution in [-0.2, 0) is 4.79 Å². The molecule has 1 N–H and O–H groups in total. The third-order valence-electron chi connectivity index (χ3n) is 2.98. The van der Waals surface area contributed by atoms with Gasteiger partial charge in [-0.05, 0) is 24.5 Å². The van der Waals surface area contributed by atoms with E-state index in [1.54, 1.807) is 0 Å². The SMILES string of the molecule is CC(C)CCC(=O)Nc1ccc2c(c1)OCCCO2. The Bertz CT molecular complexity index is 443. The van der Waals surface area contributed by atoms with Crippen molar-refractivity contribution < 1.29 is 14.3 Å². The highest BCUT2D eigenvalue weighted by molar-refractivity contribution is 5.91. The normalized spacial score (nSPS) is 14.1. The number of anilines is 1. The molecule has 0 aromatic heterocycles. The predicted molar refractivity (Wildman–Crippen MR) is 74.8 cm³/mol. The maximum atomic E-state index is 11.8. The Balaban J connectivity index is 1.97. The molecule has 1 aromatic carbocycles. The first-order valence-corrected chi connectivity index (χ1v) is 6.84. The molecule has 0 saturated carbocycles. The van der Waals surface area contributed by atoms with Gasteiger partial charge in [-0.3, -0.25) is 4.79 Å². The molecule has 104 valence electrons. The lowest BCUT2D eigenvalue weighted by Crippen LogP contribution is -2.12. The maximum absolute atomic E-state index is 11.8. The molecule has 19 heavy (non-hydrogen) atoms. The number of hydrogen-bond donors (Lipinski definition) is 1. The van der Waals surface area contributed by atoms with Gasteiger partial charge >= 0.3 is 0 Å². The summed E-state index contributed by atoms with van der Waals surface area (Å²) in [6.45, 7) is 5.55. The summed E-state index contributed by atoms with van der Waals surface area (Å²) in [5.41, 5.74) is 0.762. The molecule has 1 aliphatic heterocycles. The molecule has 0 radical (unpaired) electrons. The third kappa shape index (κ3) is 4.16. The van der Waals surface area contributed by atoms with Crippen LogP contribution in [0.2, 0.25) is 0 Å². The van der Waals surface area contributed by atoms with Crippen molar-refractivity contribution in [3.63, 3.8) is 0 Å². The molecule has 0 fully saturated rings. The molecule has 0 unspecified atom stereocenters. The highest BCUT2D eigenvalue weighted by Gasteiger charge is 2.11. The summed E-state index contributed by atoms with van der Waals surface area (Å²) in [6, 6.07) is 5.52. The second-order valence-corrected chi connectivity index (χ2v) is 5.19. The van der Waals surface area contributed by atoms with E-state index in [1.807, 2.05) is 18.2 Å². The standard InChI is InChI=1S/C15H21NO3/c1-11(2)4-7-15(17)16-12-5-6-13-14(10-12)19-9-3-8-18-13/h5-6,10-11H,3-4,7-9H2,1-2H3,(H,16,17). The lowest BCUT2D eigenvalue weighted by Gasteiger charge is -2.11. The van der Waals surface area contributed by atoms with E-state index >= 15 is 0 Å². The summed E-state index contributed by atoms with van der Waals surface area (Å²) >= 11 is 0. The quantitative estimate of drug-likeness (QED) is 0.907. The van der Waals surface area contributed by atoms with Crippen LogP contribution >= 0.6 is 0 Å². The van der Waals surface area contributed by atoms with Gasteiger partial charge in [-0.2, -0.15) is 0 Å². The summed E-state index contributed by atoms with van der Waals surface area (Å²) in [5, 5.41) is 2.89. The number of rotatable bonds is 4. The van der Waals surface area contributed by atoms with Crippen LogP contribution in [-0.4, -0.2) is 19.1 Å². The number of nitrogens with one attached hydrogen (secondary N) is 1. The van der Waals surface area contributed by atoms with Crippen LogP contribution in [0, 0.1) is 5.92 Å². The molecule has 0 atom stereocenters. The van der Waals surface area contributed by atoms with Crippen molar-refractivity contribution in [3.05, 3.63) is 18.2 Å². The fourth-order valence-electron chi connectivity index (χ4n) is 1.88. The molecule has 0 saturated heterocycles. The van der Waals surface area contributed by atoms with Crippen LogP contribution < -0.4 is 14.8 Å². The monoisotopic (exact) mass is 263 g/mol. The third-order valence-corrected chi connectivity index (χ3v) is 2.98. The molecule has 0 spiro atoms. The summed E-state index contributed by atoms with van der Waals surface area (Å²) in [7, 11) is 0. The Labute approximate surface area is 114 Å². The van der Waals surface area contributed by atoms with Crippen LogP contribution in [0.15, 0.2) is 18.2 Å². The van der Waals surface area contributed by atoms with Gasteiger partial charge in [-0.15, -0.1) is 0 Å². The zero-order valence-electron chi connectivity index (χ0n) is 11.6. The van der Waals surface area contributed by atoms with E-state index in [1.165, 1.54) is 0 Å². The first-order chi connectivity index (χ1) is 9.15. The summed E-state index contributed by atoms with van der Waals surface area (Å²) in [4.78, 5) is 11.8. The van der Waals surface area contributed by atoms with Gasteiger partial charge in [0.2, 0.25) is 5.91 Å². The van der Waals surface area contributed by atoms with Crippen molar-refractivity contribution in [3.8, 4) is 11.5 Å². The van der Waals surface area contributed by atoms with Crippen molar-refractivity contribution >= 4 is 11.6 Å². The molecule has 4 nitrogen and oxygen atoms in total. The number of amides is 1. The van der Waals surface area contributed by atoms with Crippen LogP contribution in [0.3, 0.4) is 0 Å². The average molecular weight is 263 g/mol. The highest BCUT2D eigenvalue weighted by atomic mass is 16.5. The van der Waals surface area contributed by atoms with E-state index in [0.29, 0.717) is 31.3 Å². The summed E-state index contributed by atoms with van der Waals surface area (Å²) < 4.78 is 11.1. The molecule has 1 aliphatic rings. The molecule has 1 amide bonds. The Morgan fingerprint density at radius 1 is 1.26 bits per heavy atom. The smallest absolute Gasteiger partial charge is 0.224 e. The number of benzene rings is 1. The van der Waals surface area contributed by atoms with Crippen molar-refractivity contribution in [2.75, 3.05) is 18.5 Å². The Morgan fingerprint density at radius 2 is 2.00 bits per heavy atom. The van der Waals surface area contributed by atoms with Crippen molar-refractivity contribution in [1.82, 2.24) is 0 Å². The van der Waals surface area contributed by atoms with Gasteiger partial charge in [0, 0.05) is 24.6 Å². The fraction of sp³-hybridized carbons (Fsp3) is 0.533. The Morgan fingerprint density at radius 3 is 2.74 bits per heavy atom. The lowest BCUT2D eigenvalue weighted by atomic mass is 10.1. The highest BCUT2D eigenvalue weighted by Crippen LogP contribution is 2.32. The van der Waals surface area contributed by atoms with Gasteiger partial charge in [-0.1, -0.05) is 13.8 Å². The van der Waals surface area contributed by atoms with E-state index in [9.17, 15) is 4.79 Å². The van der Waals surface area contributed by atoms with Crippen molar-refractivity contribution in [1.29, 1.82) is 0 Å². The summed E-state index contributed by atoms with van der Waals surface area (Å²) in [6.07, 6.45) is 2.33. The minimum absolute atomic E-state index is 0.0446. The lowest BCUT2D eigenvalue weighted by molar-refractivity contribution is -0.116. The van der Waals surface area contributed by atoms with Crippen LogP contribution in [0.1, 0.15) is 33.1 Å². The van der Waals surface area contributed by atoms with Gasteiger partial charge in [0.25, 0.3) is 0 Å². The Hall–Kier alpha value is -1.71. The minimum atomic E-state index is 0.0446. The molecule has 1 heterocycles. The molecule has 2 rings (SSSR count). The predicted octanol–water partition coefficient (Wildman–Crippen LogP) is 3.22. The first kappa shape index (κ1) is 13.7. The maximum Gasteiger partial charge on any atom is 0.224 e. The van der Waals surface area contributed by atoms with Crippen molar-refractivity contribution in [2.45, 2.75) is 33.1 Å². The number of ether oxygens (including phenoxy) is 2. The minimum Gasteiger partial charge on any atom is -0.490 e. The average Bonchev–Trinajstić information content (AvgIpc) is 2.61. The first-order valence-electron chi connectivity index (χ1n) is 6.84. The van der Waals surface area contributed by atoms with Crippen LogP contribution in [0.25, 0.3) is 0 Å². The van der Waals surface area contributed by atoms with E-state index in [-0.39, 0.29) is 5.91 Å². The fourth-order valence-corrected chi connectivity index (χ4v) is 1.88.